The number of rotatable bonds is 2. The lowest BCUT2D eigenvalue weighted by molar-refractivity contribution is -0.135. The third-order valence-electron chi connectivity index (χ3n) is 2.68. The highest BCUT2D eigenvalue weighted by Gasteiger charge is 2.37. The summed E-state index contributed by atoms with van der Waals surface area (Å²) >= 11 is 4.18. The van der Waals surface area contributed by atoms with Crippen LogP contribution in [0.1, 0.15) is 5.56 Å². The van der Waals surface area contributed by atoms with E-state index in [-0.39, 0.29) is 5.82 Å². The van der Waals surface area contributed by atoms with Crippen LogP contribution < -0.4 is 11.6 Å². The lowest BCUT2D eigenvalue weighted by atomic mass is 10.2. The molecule has 1 unspecified atom stereocenters. The zero-order valence-electron chi connectivity index (χ0n) is 9.45. The molecule has 96 valence electrons. The van der Waals surface area contributed by atoms with Crippen molar-refractivity contribution in [2.75, 3.05) is 0 Å². The molecule has 0 bridgehead atoms. The number of carbonyl (C=O) groups is 1. The summed E-state index contributed by atoms with van der Waals surface area (Å²) in [6.45, 7) is 0.359. The van der Waals surface area contributed by atoms with Gasteiger partial charge in [0, 0.05) is 18.8 Å². The van der Waals surface area contributed by atoms with Gasteiger partial charge in [0.15, 0.2) is 0 Å². The Morgan fingerprint density at radius 1 is 1.33 bits per heavy atom. The Morgan fingerprint density at radius 2 is 1.94 bits per heavy atom. The number of nitrogens with two attached hydrogens (primary N) is 2. The second-order valence-corrected chi connectivity index (χ2v) is 4.62. The van der Waals surface area contributed by atoms with Crippen LogP contribution in [0, 0.1) is 5.82 Å². The second kappa shape index (κ2) is 4.60. The minimum atomic E-state index is -1.42. The molecule has 0 radical (unpaired) electrons. The topological polar surface area (TPSA) is 75.6 Å². The molecule has 1 amide bonds. The Hall–Kier alpha value is -1.57. The first kappa shape index (κ1) is 12.9. The van der Waals surface area contributed by atoms with Gasteiger partial charge >= 0.3 is 0 Å². The second-order valence-electron chi connectivity index (χ2n) is 3.97. The van der Waals surface area contributed by atoms with Crippen LogP contribution in [0.15, 0.2) is 36.5 Å². The van der Waals surface area contributed by atoms with Gasteiger partial charge in [-0.2, -0.15) is 0 Å². The summed E-state index contributed by atoms with van der Waals surface area (Å²) in [5, 5.41) is -0.583. The van der Waals surface area contributed by atoms with Gasteiger partial charge in [0.25, 0.3) is 5.91 Å². The average molecular weight is 268 g/mol. The smallest absolute Gasteiger partial charge is 0.265 e. The number of hydrazine groups is 1. The molecule has 0 saturated carbocycles. The van der Waals surface area contributed by atoms with E-state index >= 15 is 0 Å². The number of thiol groups is 1. The molecular weight excluding hydrogens is 255 g/mol. The van der Waals surface area contributed by atoms with E-state index in [1.807, 2.05) is 0 Å². The standard InChI is InChI=1S/C11H13FN4OS/c12-9-3-1-8(2-4-9)7-15-6-5-10(17)16(14)11(15,13)18/h1-6,18H,7,13-14H2. The molecule has 1 aromatic carbocycles. The highest BCUT2D eigenvalue weighted by Crippen LogP contribution is 2.23. The molecule has 1 heterocycles. The summed E-state index contributed by atoms with van der Waals surface area (Å²) in [6, 6.07) is 5.96. The van der Waals surface area contributed by atoms with Gasteiger partial charge in [-0.3, -0.25) is 10.5 Å². The zero-order valence-corrected chi connectivity index (χ0v) is 10.3. The number of hydrogen-bond acceptors (Lipinski definition) is 5. The van der Waals surface area contributed by atoms with Crippen LogP contribution in [0.4, 0.5) is 4.39 Å². The first-order chi connectivity index (χ1) is 8.41. The van der Waals surface area contributed by atoms with E-state index in [1.54, 1.807) is 17.0 Å². The molecule has 0 aromatic heterocycles. The monoisotopic (exact) mass is 268 g/mol. The first-order valence-corrected chi connectivity index (χ1v) is 5.65. The van der Waals surface area contributed by atoms with Crippen LogP contribution in [0.5, 0.6) is 0 Å². The van der Waals surface area contributed by atoms with Gasteiger partial charge in [-0.05, 0) is 17.7 Å². The fourth-order valence-corrected chi connectivity index (χ4v) is 1.84. The lowest BCUT2D eigenvalue weighted by Gasteiger charge is -2.44. The number of carbonyl (C=O) groups excluding carboxylic acids is 1. The molecule has 18 heavy (non-hydrogen) atoms. The predicted molar refractivity (Wildman–Crippen MR) is 68.0 cm³/mol. The largest absolute Gasteiger partial charge is 0.329 e. The Kier molecular flexibility index (Phi) is 3.29. The van der Waals surface area contributed by atoms with Gasteiger partial charge < -0.3 is 4.90 Å². The molecule has 0 saturated heterocycles. The van der Waals surface area contributed by atoms with E-state index in [4.69, 9.17) is 11.6 Å². The van der Waals surface area contributed by atoms with E-state index in [0.29, 0.717) is 6.54 Å². The van der Waals surface area contributed by atoms with Crippen molar-refractivity contribution in [3.05, 3.63) is 47.9 Å². The van der Waals surface area contributed by atoms with Crippen molar-refractivity contribution in [2.24, 2.45) is 11.6 Å². The number of amides is 1. The highest BCUT2D eigenvalue weighted by atomic mass is 32.1. The van der Waals surface area contributed by atoms with Crippen molar-refractivity contribution in [3.8, 4) is 0 Å². The SMILES string of the molecule is NN1C(=O)C=CN(Cc2ccc(F)cc2)C1(N)S. The number of benzene rings is 1. The van der Waals surface area contributed by atoms with Crippen molar-refractivity contribution in [1.82, 2.24) is 9.91 Å². The molecule has 1 aromatic rings. The summed E-state index contributed by atoms with van der Waals surface area (Å²) < 4.78 is 12.8. The lowest BCUT2D eigenvalue weighted by Crippen LogP contribution is -2.67. The van der Waals surface area contributed by atoms with Gasteiger partial charge in [-0.25, -0.2) is 15.2 Å². The van der Waals surface area contributed by atoms with Gasteiger partial charge in [0.2, 0.25) is 5.12 Å². The maximum atomic E-state index is 12.8. The van der Waals surface area contributed by atoms with Gasteiger partial charge in [0.1, 0.15) is 5.82 Å². The Bertz CT molecular complexity index is 488. The highest BCUT2D eigenvalue weighted by molar-refractivity contribution is 7.81. The van der Waals surface area contributed by atoms with E-state index in [9.17, 15) is 9.18 Å². The molecule has 5 nitrogen and oxygen atoms in total. The molecule has 1 aliphatic rings. The van der Waals surface area contributed by atoms with E-state index in [1.165, 1.54) is 24.4 Å². The first-order valence-electron chi connectivity index (χ1n) is 5.21. The minimum absolute atomic E-state index is 0.312. The predicted octanol–water partition coefficient (Wildman–Crippen LogP) is 0.357. The Morgan fingerprint density at radius 3 is 2.56 bits per heavy atom. The van der Waals surface area contributed by atoms with Crippen molar-refractivity contribution in [3.63, 3.8) is 0 Å². The van der Waals surface area contributed by atoms with Crippen LogP contribution in [0.3, 0.4) is 0 Å². The van der Waals surface area contributed by atoms with Crippen LogP contribution in [-0.4, -0.2) is 20.9 Å². The van der Waals surface area contributed by atoms with E-state index in [0.717, 1.165) is 10.6 Å². The van der Waals surface area contributed by atoms with E-state index < -0.39 is 11.0 Å². The van der Waals surface area contributed by atoms with Crippen molar-refractivity contribution >= 4 is 18.5 Å². The molecule has 0 spiro atoms. The number of hydrogen-bond donors (Lipinski definition) is 3. The summed E-state index contributed by atoms with van der Waals surface area (Å²) in [4.78, 5) is 12.9. The van der Waals surface area contributed by atoms with Crippen LogP contribution in [-0.2, 0) is 11.3 Å². The number of halogens is 1. The summed E-state index contributed by atoms with van der Waals surface area (Å²) in [5.74, 6) is 4.81. The third-order valence-corrected chi connectivity index (χ3v) is 3.15. The third kappa shape index (κ3) is 2.33. The van der Waals surface area contributed by atoms with Crippen molar-refractivity contribution in [1.29, 1.82) is 0 Å². The zero-order chi connectivity index (χ0) is 13.3. The molecule has 2 rings (SSSR count). The van der Waals surface area contributed by atoms with Crippen LogP contribution in [0.25, 0.3) is 0 Å². The summed E-state index contributed by atoms with van der Waals surface area (Å²) in [7, 11) is 0. The Labute approximate surface area is 109 Å². The Balaban J connectivity index is 2.21. The normalized spacial score (nSPS) is 23.7. The average Bonchev–Trinajstić information content (AvgIpc) is 2.33. The fourth-order valence-electron chi connectivity index (χ4n) is 1.60. The fraction of sp³-hybridized carbons (Fsp3) is 0.182. The van der Waals surface area contributed by atoms with Crippen molar-refractivity contribution in [2.45, 2.75) is 11.7 Å². The van der Waals surface area contributed by atoms with Gasteiger partial charge in [-0.1, -0.05) is 12.1 Å². The number of nitrogens with zero attached hydrogens (tertiary/aromatic N) is 2. The molecule has 7 heteroatoms. The maximum Gasteiger partial charge on any atom is 0.265 e. The van der Waals surface area contributed by atoms with Crippen LogP contribution >= 0.6 is 12.6 Å². The van der Waals surface area contributed by atoms with E-state index in [2.05, 4.69) is 12.6 Å². The molecule has 1 aliphatic heterocycles. The molecule has 0 aliphatic carbocycles. The van der Waals surface area contributed by atoms with Crippen LogP contribution in [0.2, 0.25) is 0 Å². The molecule has 0 fully saturated rings. The summed E-state index contributed by atoms with van der Waals surface area (Å²) in [5.41, 5.74) is 6.71. The molecular formula is C11H13FN4OS. The quantitative estimate of drug-likeness (QED) is 0.313. The van der Waals surface area contributed by atoms with Gasteiger partial charge in [-0.15, -0.1) is 12.6 Å². The van der Waals surface area contributed by atoms with Gasteiger partial charge in [0.05, 0.1) is 0 Å². The molecule has 1 atom stereocenters. The minimum Gasteiger partial charge on any atom is -0.329 e. The summed E-state index contributed by atoms with van der Waals surface area (Å²) in [6.07, 6.45) is 2.81. The maximum absolute atomic E-state index is 12.8. The molecule has 4 N–H and O–H groups in total. The van der Waals surface area contributed by atoms with Crippen molar-refractivity contribution < 1.29 is 9.18 Å².